The zero-order chi connectivity index (χ0) is 13.0. The molecule has 0 heterocycles. The quantitative estimate of drug-likeness (QED) is 0.827. The SMILES string of the molecule is CSCCC(C)N(C)c1cc(Cl)c(N)cc1C. The maximum absolute atomic E-state index is 6.08. The molecular weight excluding hydrogens is 252 g/mol. The molecule has 1 atom stereocenters. The predicted octanol–water partition coefficient (Wildman–Crippen LogP) is 3.81. The van der Waals surface area contributed by atoms with Crippen LogP contribution in [0, 0.1) is 6.92 Å². The molecule has 0 saturated heterocycles. The summed E-state index contributed by atoms with van der Waals surface area (Å²) in [6.07, 6.45) is 3.30. The van der Waals surface area contributed by atoms with Gasteiger partial charge >= 0.3 is 0 Å². The fraction of sp³-hybridized carbons (Fsp3) is 0.538. The minimum Gasteiger partial charge on any atom is -0.398 e. The molecule has 0 aliphatic heterocycles. The van der Waals surface area contributed by atoms with Gasteiger partial charge in [-0.2, -0.15) is 11.8 Å². The van der Waals surface area contributed by atoms with Gasteiger partial charge in [-0.1, -0.05) is 11.6 Å². The molecule has 1 rings (SSSR count). The number of nitrogens with two attached hydrogens (primary N) is 1. The molecule has 1 aromatic rings. The molecule has 0 spiro atoms. The molecule has 96 valence electrons. The molecule has 1 unspecified atom stereocenters. The molecule has 2 N–H and O–H groups in total. The molecule has 1 aromatic carbocycles. The molecule has 2 nitrogen and oxygen atoms in total. The van der Waals surface area contributed by atoms with Crippen molar-refractivity contribution in [3.05, 3.63) is 22.7 Å². The molecule has 17 heavy (non-hydrogen) atoms. The van der Waals surface area contributed by atoms with Crippen molar-refractivity contribution in [3.63, 3.8) is 0 Å². The summed E-state index contributed by atoms with van der Waals surface area (Å²) in [5, 5.41) is 0.634. The topological polar surface area (TPSA) is 29.3 Å². The Hall–Kier alpha value is -0.540. The van der Waals surface area contributed by atoms with Crippen LogP contribution in [0.2, 0.25) is 5.02 Å². The Kier molecular flexibility index (Phi) is 5.47. The van der Waals surface area contributed by atoms with Crippen molar-refractivity contribution >= 4 is 34.7 Å². The van der Waals surface area contributed by atoms with E-state index in [0.29, 0.717) is 16.8 Å². The van der Waals surface area contributed by atoms with Gasteiger partial charge in [0, 0.05) is 18.8 Å². The fourth-order valence-electron chi connectivity index (χ4n) is 1.79. The van der Waals surface area contributed by atoms with Gasteiger partial charge < -0.3 is 10.6 Å². The van der Waals surface area contributed by atoms with Crippen LogP contribution in [0.15, 0.2) is 12.1 Å². The number of halogens is 1. The second-order valence-electron chi connectivity index (χ2n) is 4.40. The Morgan fingerprint density at radius 3 is 2.71 bits per heavy atom. The Balaban J connectivity index is 2.88. The van der Waals surface area contributed by atoms with Crippen LogP contribution in [0.5, 0.6) is 0 Å². The van der Waals surface area contributed by atoms with E-state index in [1.54, 1.807) is 0 Å². The van der Waals surface area contributed by atoms with Gasteiger partial charge in [0.25, 0.3) is 0 Å². The van der Waals surface area contributed by atoms with Crippen LogP contribution in [0.3, 0.4) is 0 Å². The summed E-state index contributed by atoms with van der Waals surface area (Å²) < 4.78 is 0. The first-order valence-electron chi connectivity index (χ1n) is 5.74. The molecular formula is C13H21ClN2S. The number of thioether (sulfide) groups is 1. The first-order chi connectivity index (χ1) is 7.97. The summed E-state index contributed by atoms with van der Waals surface area (Å²) in [6, 6.07) is 4.40. The Morgan fingerprint density at radius 1 is 1.47 bits per heavy atom. The summed E-state index contributed by atoms with van der Waals surface area (Å²) >= 11 is 7.96. The van der Waals surface area contributed by atoms with Gasteiger partial charge in [-0.15, -0.1) is 0 Å². The third kappa shape index (κ3) is 3.71. The van der Waals surface area contributed by atoms with Crippen molar-refractivity contribution in [2.75, 3.05) is 29.7 Å². The van der Waals surface area contributed by atoms with Crippen LogP contribution < -0.4 is 10.6 Å². The molecule has 0 fully saturated rings. The number of hydrogen-bond donors (Lipinski definition) is 1. The molecule has 0 saturated carbocycles. The lowest BCUT2D eigenvalue weighted by Gasteiger charge is -2.29. The highest BCUT2D eigenvalue weighted by atomic mass is 35.5. The largest absolute Gasteiger partial charge is 0.398 e. The van der Waals surface area contributed by atoms with E-state index in [1.165, 1.54) is 17.7 Å². The highest BCUT2D eigenvalue weighted by Gasteiger charge is 2.13. The summed E-state index contributed by atoms with van der Waals surface area (Å²) in [5.74, 6) is 1.17. The summed E-state index contributed by atoms with van der Waals surface area (Å²) in [5.41, 5.74) is 8.78. The molecule has 0 aliphatic carbocycles. The zero-order valence-corrected chi connectivity index (χ0v) is 12.5. The normalized spacial score (nSPS) is 12.5. The number of hydrogen-bond acceptors (Lipinski definition) is 3. The van der Waals surface area contributed by atoms with Gasteiger partial charge in [0.15, 0.2) is 0 Å². The van der Waals surface area contributed by atoms with E-state index in [-0.39, 0.29) is 0 Å². The van der Waals surface area contributed by atoms with Crippen LogP contribution in [0.25, 0.3) is 0 Å². The lowest BCUT2D eigenvalue weighted by Crippen LogP contribution is -2.29. The molecule has 4 heteroatoms. The highest BCUT2D eigenvalue weighted by Crippen LogP contribution is 2.30. The van der Waals surface area contributed by atoms with Crippen molar-refractivity contribution in [3.8, 4) is 0 Å². The third-order valence-corrected chi connectivity index (χ3v) is 4.07. The van der Waals surface area contributed by atoms with Gasteiger partial charge in [-0.25, -0.2) is 0 Å². The molecule has 0 amide bonds. The van der Waals surface area contributed by atoms with Crippen LogP contribution >= 0.6 is 23.4 Å². The number of nitrogens with zero attached hydrogens (tertiary/aromatic N) is 1. The van der Waals surface area contributed by atoms with Crippen LogP contribution in [-0.4, -0.2) is 25.1 Å². The molecule has 0 bridgehead atoms. The van der Waals surface area contributed by atoms with Gasteiger partial charge in [0.2, 0.25) is 0 Å². The van der Waals surface area contributed by atoms with Crippen molar-refractivity contribution in [1.82, 2.24) is 0 Å². The van der Waals surface area contributed by atoms with Gasteiger partial charge in [0.1, 0.15) is 0 Å². The number of aryl methyl sites for hydroxylation is 1. The van der Waals surface area contributed by atoms with Crippen LogP contribution in [0.4, 0.5) is 11.4 Å². The lowest BCUT2D eigenvalue weighted by molar-refractivity contribution is 0.668. The summed E-state index contributed by atoms with van der Waals surface area (Å²) in [7, 11) is 2.11. The minimum absolute atomic E-state index is 0.501. The van der Waals surface area contributed by atoms with E-state index < -0.39 is 0 Å². The Bertz CT molecular complexity index is 382. The third-order valence-electron chi connectivity index (χ3n) is 3.10. The second-order valence-corrected chi connectivity index (χ2v) is 5.79. The lowest BCUT2D eigenvalue weighted by atomic mass is 10.1. The maximum atomic E-state index is 6.08. The van der Waals surface area contributed by atoms with Gasteiger partial charge in [-0.05, 0) is 50.0 Å². The molecule has 0 aromatic heterocycles. The first kappa shape index (κ1) is 14.5. The maximum Gasteiger partial charge on any atom is 0.0656 e. The van der Waals surface area contributed by atoms with Crippen molar-refractivity contribution in [2.45, 2.75) is 26.3 Å². The monoisotopic (exact) mass is 272 g/mol. The zero-order valence-electron chi connectivity index (χ0n) is 11.0. The summed E-state index contributed by atoms with van der Waals surface area (Å²) in [6.45, 7) is 4.31. The van der Waals surface area contributed by atoms with Crippen molar-refractivity contribution < 1.29 is 0 Å². The smallest absolute Gasteiger partial charge is 0.0656 e. The predicted molar refractivity (Wildman–Crippen MR) is 81.5 cm³/mol. The number of nitrogen functional groups attached to an aromatic ring is 1. The Morgan fingerprint density at radius 2 is 2.12 bits per heavy atom. The average Bonchev–Trinajstić information content (AvgIpc) is 2.29. The molecule has 0 radical (unpaired) electrons. The van der Waals surface area contributed by atoms with Crippen molar-refractivity contribution in [2.24, 2.45) is 0 Å². The first-order valence-corrected chi connectivity index (χ1v) is 7.52. The van der Waals surface area contributed by atoms with E-state index >= 15 is 0 Å². The fourth-order valence-corrected chi connectivity index (χ4v) is 2.53. The van der Waals surface area contributed by atoms with Crippen molar-refractivity contribution in [1.29, 1.82) is 0 Å². The van der Waals surface area contributed by atoms with E-state index in [2.05, 4.69) is 32.1 Å². The van der Waals surface area contributed by atoms with Crippen LogP contribution in [0.1, 0.15) is 18.9 Å². The van der Waals surface area contributed by atoms with Gasteiger partial charge in [0.05, 0.1) is 10.7 Å². The number of rotatable bonds is 5. The minimum atomic E-state index is 0.501. The van der Waals surface area contributed by atoms with E-state index in [0.717, 1.165) is 5.69 Å². The Labute approximate surface area is 114 Å². The van der Waals surface area contributed by atoms with E-state index in [4.69, 9.17) is 17.3 Å². The molecule has 0 aliphatic rings. The highest BCUT2D eigenvalue weighted by molar-refractivity contribution is 7.98. The van der Waals surface area contributed by atoms with E-state index in [1.807, 2.05) is 23.9 Å². The summed E-state index contributed by atoms with van der Waals surface area (Å²) in [4.78, 5) is 2.27. The second kappa shape index (κ2) is 6.41. The van der Waals surface area contributed by atoms with Crippen LogP contribution in [-0.2, 0) is 0 Å². The van der Waals surface area contributed by atoms with E-state index in [9.17, 15) is 0 Å². The van der Waals surface area contributed by atoms with Gasteiger partial charge in [-0.3, -0.25) is 0 Å². The average molecular weight is 273 g/mol. The standard InChI is InChI=1S/C13H21ClN2S/c1-9-7-12(15)11(14)8-13(9)16(3)10(2)5-6-17-4/h7-8,10H,5-6,15H2,1-4H3. The number of benzene rings is 1. The number of anilines is 2.